The van der Waals surface area contributed by atoms with Crippen LogP contribution < -0.4 is 10.6 Å². The lowest BCUT2D eigenvalue weighted by Crippen LogP contribution is -2.08. The van der Waals surface area contributed by atoms with Crippen molar-refractivity contribution < 1.29 is 0 Å². The number of allylic oxidation sites excluding steroid dienone is 1. The maximum atomic E-state index is 4.51. The fraction of sp³-hybridized carbons (Fsp3) is 0.300. The summed E-state index contributed by atoms with van der Waals surface area (Å²) in [6.07, 6.45) is 12.0. The van der Waals surface area contributed by atoms with E-state index in [1.807, 2.05) is 30.3 Å². The van der Waals surface area contributed by atoms with Crippen LogP contribution in [-0.4, -0.2) is 26.7 Å². The third-order valence-corrected chi connectivity index (χ3v) is 4.58. The van der Waals surface area contributed by atoms with Gasteiger partial charge in [-0.1, -0.05) is 29.8 Å². The molecule has 2 N–H and O–H groups in total. The van der Waals surface area contributed by atoms with E-state index in [0.29, 0.717) is 5.95 Å². The number of fused-ring (bicyclic) bond motifs is 1. The van der Waals surface area contributed by atoms with Gasteiger partial charge in [-0.2, -0.15) is 10.1 Å². The largest absolute Gasteiger partial charge is 0.368 e. The number of nitrogens with one attached hydrogen (secondary N) is 2. The number of benzene rings is 1. The van der Waals surface area contributed by atoms with E-state index in [2.05, 4.69) is 36.9 Å². The minimum absolute atomic E-state index is 0.463. The van der Waals surface area contributed by atoms with Crippen LogP contribution in [0.5, 0.6) is 0 Å². The highest BCUT2D eigenvalue weighted by Crippen LogP contribution is 2.23. The fourth-order valence-electron chi connectivity index (χ4n) is 3.25. The molecule has 0 saturated heterocycles. The van der Waals surface area contributed by atoms with Gasteiger partial charge in [-0.05, 0) is 44.2 Å². The van der Waals surface area contributed by atoms with E-state index in [1.165, 1.54) is 25.7 Å². The molecule has 0 aliphatic heterocycles. The van der Waals surface area contributed by atoms with Gasteiger partial charge in [0.1, 0.15) is 0 Å². The average Bonchev–Trinajstić information content (AvgIpc) is 2.70. The van der Waals surface area contributed by atoms with Crippen LogP contribution in [0.1, 0.15) is 32.1 Å². The van der Waals surface area contributed by atoms with Crippen LogP contribution >= 0.6 is 0 Å². The van der Waals surface area contributed by atoms with Gasteiger partial charge in [-0.25, -0.2) is 0 Å². The Hall–Kier alpha value is -3.02. The molecule has 26 heavy (non-hydrogen) atoms. The molecule has 0 unspecified atom stereocenters. The van der Waals surface area contributed by atoms with E-state index in [4.69, 9.17) is 0 Å². The predicted molar refractivity (Wildman–Crippen MR) is 105 cm³/mol. The second-order valence-electron chi connectivity index (χ2n) is 6.46. The maximum absolute atomic E-state index is 4.51. The Labute approximate surface area is 152 Å². The highest BCUT2D eigenvalue weighted by Gasteiger charge is 2.06. The van der Waals surface area contributed by atoms with Crippen molar-refractivity contribution in [2.75, 3.05) is 17.2 Å². The Morgan fingerprint density at radius 2 is 2.04 bits per heavy atom. The van der Waals surface area contributed by atoms with Crippen LogP contribution in [0, 0.1) is 0 Å². The summed E-state index contributed by atoms with van der Waals surface area (Å²) in [4.78, 5) is 8.96. The summed E-state index contributed by atoms with van der Waals surface area (Å²) in [5.41, 5.74) is 3.31. The molecule has 4 rings (SSSR count). The van der Waals surface area contributed by atoms with Crippen molar-refractivity contribution in [3.05, 3.63) is 54.4 Å². The molecule has 0 saturated carbocycles. The number of hydrogen-bond acceptors (Lipinski definition) is 6. The summed E-state index contributed by atoms with van der Waals surface area (Å²) in [6, 6.07) is 9.94. The number of anilines is 3. The van der Waals surface area contributed by atoms with Gasteiger partial charge in [0.2, 0.25) is 5.95 Å². The lowest BCUT2D eigenvalue weighted by atomic mass is 9.97. The molecule has 0 fully saturated rings. The Morgan fingerprint density at radius 1 is 1.08 bits per heavy atom. The third-order valence-electron chi connectivity index (χ3n) is 4.58. The Balaban J connectivity index is 1.43. The first-order valence-electron chi connectivity index (χ1n) is 9.11. The molecule has 1 aromatic carbocycles. The van der Waals surface area contributed by atoms with E-state index < -0.39 is 0 Å². The van der Waals surface area contributed by atoms with Gasteiger partial charge >= 0.3 is 0 Å². The van der Waals surface area contributed by atoms with Gasteiger partial charge < -0.3 is 10.6 Å². The summed E-state index contributed by atoms with van der Waals surface area (Å²) in [5.74, 6) is 1.19. The van der Waals surface area contributed by atoms with Gasteiger partial charge in [0.05, 0.1) is 17.4 Å². The number of aromatic nitrogens is 4. The fourth-order valence-corrected chi connectivity index (χ4v) is 3.25. The van der Waals surface area contributed by atoms with Crippen molar-refractivity contribution in [1.82, 2.24) is 20.2 Å². The molecule has 2 heterocycles. The van der Waals surface area contributed by atoms with Crippen molar-refractivity contribution in [2.24, 2.45) is 0 Å². The zero-order valence-corrected chi connectivity index (χ0v) is 14.7. The molecule has 1 aliphatic rings. The van der Waals surface area contributed by atoms with Crippen LogP contribution in [0.25, 0.3) is 10.9 Å². The van der Waals surface area contributed by atoms with Crippen LogP contribution in [0.3, 0.4) is 0 Å². The van der Waals surface area contributed by atoms with E-state index in [9.17, 15) is 0 Å². The molecule has 0 amide bonds. The molecular formula is C20H22N6. The first-order chi connectivity index (χ1) is 12.9. The second-order valence-corrected chi connectivity index (χ2v) is 6.46. The van der Waals surface area contributed by atoms with Gasteiger partial charge in [0.25, 0.3) is 0 Å². The van der Waals surface area contributed by atoms with Crippen molar-refractivity contribution >= 4 is 28.4 Å². The molecule has 6 nitrogen and oxygen atoms in total. The van der Waals surface area contributed by atoms with Gasteiger partial charge in [-0.15, -0.1) is 5.10 Å². The molecule has 0 atom stereocenters. The molecule has 6 heteroatoms. The highest BCUT2D eigenvalue weighted by atomic mass is 15.3. The monoisotopic (exact) mass is 346 g/mol. The minimum atomic E-state index is 0.463. The van der Waals surface area contributed by atoms with E-state index >= 15 is 0 Å². The molecule has 132 valence electrons. The molecule has 0 spiro atoms. The average molecular weight is 346 g/mol. The molecule has 0 bridgehead atoms. The lowest BCUT2D eigenvalue weighted by molar-refractivity contribution is 0.679. The van der Waals surface area contributed by atoms with Crippen LogP contribution in [0.15, 0.2) is 54.4 Å². The first kappa shape index (κ1) is 16.4. The van der Waals surface area contributed by atoms with Gasteiger partial charge in [0.15, 0.2) is 5.82 Å². The van der Waals surface area contributed by atoms with Crippen LogP contribution in [0.4, 0.5) is 17.5 Å². The number of pyridine rings is 1. The minimum Gasteiger partial charge on any atom is -0.368 e. The predicted octanol–water partition coefficient (Wildman–Crippen LogP) is 4.47. The summed E-state index contributed by atoms with van der Waals surface area (Å²) in [5, 5.41) is 15.8. The van der Waals surface area contributed by atoms with Gasteiger partial charge in [-0.3, -0.25) is 4.98 Å². The van der Waals surface area contributed by atoms with Gasteiger partial charge in [0, 0.05) is 18.1 Å². The lowest BCUT2D eigenvalue weighted by Gasteiger charge is -2.13. The normalized spacial score (nSPS) is 14.1. The Bertz CT molecular complexity index is 916. The van der Waals surface area contributed by atoms with Crippen molar-refractivity contribution in [3.63, 3.8) is 0 Å². The molecule has 2 aromatic heterocycles. The SMILES string of the molecule is C1=C(CCNc2cnnc(Nc3cccc4cccnc34)n2)CCCC1. The number of hydrogen-bond donors (Lipinski definition) is 2. The van der Waals surface area contributed by atoms with Crippen molar-refractivity contribution in [2.45, 2.75) is 32.1 Å². The summed E-state index contributed by atoms with van der Waals surface area (Å²) < 4.78 is 0. The summed E-state index contributed by atoms with van der Waals surface area (Å²) in [7, 11) is 0. The van der Waals surface area contributed by atoms with E-state index in [-0.39, 0.29) is 0 Å². The number of rotatable bonds is 6. The Kier molecular flexibility index (Phi) is 5.00. The molecule has 1 aliphatic carbocycles. The molecular weight excluding hydrogens is 324 g/mol. The summed E-state index contributed by atoms with van der Waals surface area (Å²) in [6.45, 7) is 0.861. The zero-order valence-electron chi connectivity index (χ0n) is 14.7. The van der Waals surface area contributed by atoms with Crippen LogP contribution in [0.2, 0.25) is 0 Å². The second kappa shape index (κ2) is 7.91. The smallest absolute Gasteiger partial charge is 0.249 e. The zero-order chi connectivity index (χ0) is 17.6. The number of nitrogens with zero attached hydrogens (tertiary/aromatic N) is 4. The van der Waals surface area contributed by atoms with Crippen molar-refractivity contribution in [3.8, 4) is 0 Å². The maximum Gasteiger partial charge on any atom is 0.249 e. The first-order valence-corrected chi connectivity index (χ1v) is 9.11. The third kappa shape index (κ3) is 3.96. The summed E-state index contributed by atoms with van der Waals surface area (Å²) >= 11 is 0. The Morgan fingerprint density at radius 3 is 2.96 bits per heavy atom. The number of para-hydroxylation sites is 1. The highest BCUT2D eigenvalue weighted by molar-refractivity contribution is 5.91. The molecule has 0 radical (unpaired) electrons. The van der Waals surface area contributed by atoms with Crippen molar-refractivity contribution in [1.29, 1.82) is 0 Å². The van der Waals surface area contributed by atoms with Crippen LogP contribution in [-0.2, 0) is 0 Å². The topological polar surface area (TPSA) is 75.6 Å². The standard InChI is InChI=1S/C20H22N6/c1-2-6-15(7-3-1)11-13-21-18-14-23-26-20(25-18)24-17-10-4-8-16-9-5-12-22-19(16)17/h4-6,8-10,12,14H,1-3,7,11,13H2,(H2,21,24,25,26). The quantitative estimate of drug-likeness (QED) is 0.642. The van der Waals surface area contributed by atoms with E-state index in [0.717, 1.165) is 35.4 Å². The van der Waals surface area contributed by atoms with E-state index in [1.54, 1.807) is 18.0 Å². The molecule has 3 aromatic rings.